The van der Waals surface area contributed by atoms with Crippen molar-refractivity contribution >= 4 is 23.4 Å². The van der Waals surface area contributed by atoms with Gasteiger partial charge in [0.05, 0.1) is 0 Å². The van der Waals surface area contributed by atoms with Gasteiger partial charge in [-0.3, -0.25) is 9.59 Å². The number of carboxylic acid groups (broad SMARTS) is 1. The summed E-state index contributed by atoms with van der Waals surface area (Å²) in [4.78, 5) is 22.4. The Kier molecular flexibility index (Phi) is 3.31. The summed E-state index contributed by atoms with van der Waals surface area (Å²) < 4.78 is 0. The van der Waals surface area contributed by atoms with Crippen LogP contribution in [0.2, 0.25) is 0 Å². The van der Waals surface area contributed by atoms with E-state index >= 15 is 0 Å². The van der Waals surface area contributed by atoms with Gasteiger partial charge < -0.3 is 5.11 Å². The van der Waals surface area contributed by atoms with Crippen molar-refractivity contribution < 1.29 is 14.7 Å². The summed E-state index contributed by atoms with van der Waals surface area (Å²) in [5, 5.41) is 9.00. The molecule has 13 heavy (non-hydrogen) atoms. The number of carbonyl (C=O) groups excluding carboxylic acids is 1. The quantitative estimate of drug-likeness (QED) is 0.562. The summed E-state index contributed by atoms with van der Waals surface area (Å²) >= 11 is 5.49. The Bertz CT molecular complexity index is 227. The summed E-state index contributed by atoms with van der Waals surface area (Å²) in [5.74, 6) is -0.673. The number of Topliss-reactive ketones (excluding diaryl/α,β-unsaturated/α-hetero) is 1. The number of halogens is 1. The first-order valence-corrected chi connectivity index (χ1v) is 4.99. The molecule has 3 nitrogen and oxygen atoms in total. The maximum Gasteiger partial charge on any atom is 0.317 e. The van der Waals surface area contributed by atoms with Crippen molar-refractivity contribution in [2.45, 2.75) is 32.1 Å². The molecular formula is C9H13ClO3. The van der Waals surface area contributed by atoms with E-state index in [0.29, 0.717) is 38.0 Å². The molecular weight excluding hydrogens is 192 g/mol. The molecule has 1 saturated carbocycles. The van der Waals surface area contributed by atoms with Gasteiger partial charge in [-0.25, -0.2) is 0 Å². The molecule has 1 rings (SSSR count). The van der Waals surface area contributed by atoms with Crippen LogP contribution in [-0.2, 0) is 9.59 Å². The lowest BCUT2D eigenvalue weighted by Gasteiger charge is -2.21. The van der Waals surface area contributed by atoms with Crippen molar-refractivity contribution in [3.8, 4) is 0 Å². The fraction of sp³-hybridized carbons (Fsp3) is 0.778. The predicted molar refractivity (Wildman–Crippen MR) is 48.9 cm³/mol. The molecule has 1 atom stereocenters. The second kappa shape index (κ2) is 4.09. The van der Waals surface area contributed by atoms with Gasteiger partial charge in [0.25, 0.3) is 0 Å². The lowest BCUT2D eigenvalue weighted by atomic mass is 9.81. The average molecular weight is 205 g/mol. The summed E-state index contributed by atoms with van der Waals surface area (Å²) in [6, 6.07) is 0. The van der Waals surface area contributed by atoms with Gasteiger partial charge in [0.15, 0.2) is 0 Å². The maximum atomic E-state index is 11.4. The van der Waals surface area contributed by atoms with Crippen molar-refractivity contribution in [2.24, 2.45) is 5.41 Å². The van der Waals surface area contributed by atoms with E-state index in [1.807, 2.05) is 0 Å². The number of rotatable bonds is 4. The van der Waals surface area contributed by atoms with Crippen molar-refractivity contribution in [3.63, 3.8) is 0 Å². The molecule has 1 aliphatic rings. The van der Waals surface area contributed by atoms with Crippen molar-refractivity contribution in [1.82, 2.24) is 0 Å². The fourth-order valence-corrected chi connectivity index (χ4v) is 2.03. The highest BCUT2D eigenvalue weighted by atomic mass is 35.5. The Hall–Kier alpha value is -0.570. The first-order valence-electron chi connectivity index (χ1n) is 4.46. The second-order valence-electron chi connectivity index (χ2n) is 3.46. The molecule has 74 valence electrons. The van der Waals surface area contributed by atoms with E-state index in [2.05, 4.69) is 0 Å². The van der Waals surface area contributed by atoms with Crippen LogP contribution in [0.5, 0.6) is 0 Å². The van der Waals surface area contributed by atoms with Gasteiger partial charge in [-0.2, -0.15) is 0 Å². The van der Waals surface area contributed by atoms with Crippen LogP contribution in [0.1, 0.15) is 32.1 Å². The monoisotopic (exact) mass is 204 g/mol. The van der Waals surface area contributed by atoms with E-state index in [-0.39, 0.29) is 5.78 Å². The van der Waals surface area contributed by atoms with Gasteiger partial charge in [-0.05, 0) is 25.7 Å². The smallest absolute Gasteiger partial charge is 0.317 e. The van der Waals surface area contributed by atoms with Crippen molar-refractivity contribution in [2.75, 3.05) is 5.88 Å². The van der Waals surface area contributed by atoms with E-state index in [1.165, 1.54) is 0 Å². The fourth-order valence-electron chi connectivity index (χ4n) is 1.90. The van der Waals surface area contributed by atoms with Gasteiger partial charge in [-0.1, -0.05) is 0 Å². The second-order valence-corrected chi connectivity index (χ2v) is 3.83. The van der Waals surface area contributed by atoms with E-state index in [9.17, 15) is 9.59 Å². The van der Waals surface area contributed by atoms with Gasteiger partial charge in [-0.15, -0.1) is 11.6 Å². The van der Waals surface area contributed by atoms with Crippen molar-refractivity contribution in [3.05, 3.63) is 0 Å². The summed E-state index contributed by atoms with van der Waals surface area (Å²) in [6.07, 6.45) is 2.59. The standard InChI is InChI=1S/C9H13ClO3/c10-6-2-5-9(8(12)13)4-1-3-7(9)11/h1-6H2,(H,12,13). The predicted octanol–water partition coefficient (Wildman–Crippen LogP) is 1.83. The minimum Gasteiger partial charge on any atom is -0.480 e. The van der Waals surface area contributed by atoms with Crippen LogP contribution in [0.4, 0.5) is 0 Å². The third kappa shape index (κ3) is 1.85. The molecule has 4 heteroatoms. The molecule has 0 aromatic heterocycles. The Balaban J connectivity index is 2.74. The van der Waals surface area contributed by atoms with Gasteiger partial charge >= 0.3 is 5.97 Å². The first-order chi connectivity index (χ1) is 6.13. The van der Waals surface area contributed by atoms with Gasteiger partial charge in [0, 0.05) is 12.3 Å². The highest BCUT2D eigenvalue weighted by Gasteiger charge is 2.47. The third-order valence-corrected chi connectivity index (χ3v) is 2.95. The molecule has 0 bridgehead atoms. The molecule has 0 aromatic rings. The molecule has 0 aliphatic heterocycles. The number of alkyl halides is 1. The molecule has 0 amide bonds. The number of aliphatic carboxylic acids is 1. The number of hydrogen-bond acceptors (Lipinski definition) is 2. The van der Waals surface area contributed by atoms with Crippen LogP contribution in [0, 0.1) is 5.41 Å². The zero-order valence-electron chi connectivity index (χ0n) is 7.38. The Morgan fingerprint density at radius 2 is 2.31 bits per heavy atom. The zero-order chi connectivity index (χ0) is 9.90. The molecule has 0 spiro atoms. The number of carboxylic acids is 1. The van der Waals surface area contributed by atoms with Crippen LogP contribution in [0.25, 0.3) is 0 Å². The van der Waals surface area contributed by atoms with Crippen LogP contribution < -0.4 is 0 Å². The Morgan fingerprint density at radius 3 is 2.69 bits per heavy atom. The summed E-state index contributed by atoms with van der Waals surface area (Å²) in [5.41, 5.74) is -1.10. The van der Waals surface area contributed by atoms with Crippen LogP contribution in [0.3, 0.4) is 0 Å². The lowest BCUT2D eigenvalue weighted by molar-refractivity contribution is -0.153. The topological polar surface area (TPSA) is 54.4 Å². The SMILES string of the molecule is O=C(O)C1(CCCCl)CCCC1=O. The molecule has 0 aromatic carbocycles. The van der Waals surface area contributed by atoms with Gasteiger partial charge in [0.2, 0.25) is 0 Å². The van der Waals surface area contributed by atoms with E-state index in [4.69, 9.17) is 16.7 Å². The lowest BCUT2D eigenvalue weighted by Crippen LogP contribution is -2.35. The third-order valence-electron chi connectivity index (χ3n) is 2.69. The molecule has 0 heterocycles. The van der Waals surface area contributed by atoms with E-state index in [0.717, 1.165) is 0 Å². The minimum atomic E-state index is -1.10. The van der Waals surface area contributed by atoms with E-state index in [1.54, 1.807) is 0 Å². The molecule has 1 fully saturated rings. The van der Waals surface area contributed by atoms with Crippen LogP contribution in [0.15, 0.2) is 0 Å². The molecule has 0 radical (unpaired) electrons. The van der Waals surface area contributed by atoms with Gasteiger partial charge in [0.1, 0.15) is 11.2 Å². The highest BCUT2D eigenvalue weighted by molar-refractivity contribution is 6.17. The summed E-state index contributed by atoms with van der Waals surface area (Å²) in [6.45, 7) is 0. The molecule has 1 N–H and O–H groups in total. The number of ketones is 1. The van der Waals surface area contributed by atoms with Crippen molar-refractivity contribution in [1.29, 1.82) is 0 Å². The number of hydrogen-bond donors (Lipinski definition) is 1. The average Bonchev–Trinajstić information content (AvgIpc) is 2.45. The minimum absolute atomic E-state index is 0.120. The van der Waals surface area contributed by atoms with Crippen LogP contribution in [-0.4, -0.2) is 22.7 Å². The molecule has 1 aliphatic carbocycles. The molecule has 1 unspecified atom stereocenters. The maximum absolute atomic E-state index is 11.4. The Labute approximate surface area is 82.1 Å². The summed E-state index contributed by atoms with van der Waals surface area (Å²) in [7, 11) is 0. The van der Waals surface area contributed by atoms with E-state index < -0.39 is 11.4 Å². The highest BCUT2D eigenvalue weighted by Crippen LogP contribution is 2.39. The van der Waals surface area contributed by atoms with Crippen LogP contribution >= 0.6 is 11.6 Å². The zero-order valence-corrected chi connectivity index (χ0v) is 8.14. The molecule has 0 saturated heterocycles. The Morgan fingerprint density at radius 1 is 1.62 bits per heavy atom. The normalized spacial score (nSPS) is 27.9. The number of carbonyl (C=O) groups is 2. The largest absolute Gasteiger partial charge is 0.480 e. The first kappa shape index (κ1) is 10.5.